The van der Waals surface area contributed by atoms with Crippen LogP contribution in [-0.2, 0) is 6.54 Å². The molecule has 1 aliphatic heterocycles. The Labute approximate surface area is 131 Å². The highest BCUT2D eigenvalue weighted by Crippen LogP contribution is 2.35. The molecule has 4 aromatic rings. The largest absolute Gasteiger partial charge is 0.301 e. The molecule has 8 nitrogen and oxygen atoms in total. The molecular weight excluding hydrogens is 292 g/mol. The number of fused-ring (bicyclic) bond motifs is 5. The second kappa shape index (κ2) is 4.35. The normalized spacial score (nSPS) is 12.4. The van der Waals surface area contributed by atoms with Gasteiger partial charge in [-0.05, 0) is 24.6 Å². The van der Waals surface area contributed by atoms with E-state index in [1.807, 2.05) is 29.5 Å². The molecule has 0 bridgehead atoms. The van der Waals surface area contributed by atoms with Crippen LogP contribution in [0.15, 0.2) is 43.4 Å². The van der Waals surface area contributed by atoms with Crippen molar-refractivity contribution < 1.29 is 0 Å². The van der Waals surface area contributed by atoms with Crippen LogP contribution in [0.25, 0.3) is 22.8 Å². The van der Waals surface area contributed by atoms with Crippen molar-refractivity contribution in [1.29, 1.82) is 0 Å². The van der Waals surface area contributed by atoms with Gasteiger partial charge < -0.3 is 4.57 Å². The van der Waals surface area contributed by atoms with Crippen LogP contribution >= 0.6 is 0 Å². The molecule has 0 saturated carbocycles. The number of hydrogen-bond acceptors (Lipinski definition) is 5. The minimum atomic E-state index is 0.641. The molecule has 1 aliphatic rings. The predicted molar refractivity (Wildman–Crippen MR) is 81.3 cm³/mol. The van der Waals surface area contributed by atoms with E-state index in [9.17, 15) is 0 Å². The average molecular weight is 304 g/mol. The minimum Gasteiger partial charge on any atom is -0.301 e. The lowest BCUT2D eigenvalue weighted by Gasteiger charge is -2.14. The summed E-state index contributed by atoms with van der Waals surface area (Å²) >= 11 is 0. The van der Waals surface area contributed by atoms with Gasteiger partial charge in [-0.1, -0.05) is 5.21 Å². The van der Waals surface area contributed by atoms with Gasteiger partial charge in [0.1, 0.15) is 6.33 Å². The number of hydrogen-bond donors (Lipinski definition) is 0. The summed E-state index contributed by atoms with van der Waals surface area (Å²) in [6.45, 7) is 2.71. The van der Waals surface area contributed by atoms with E-state index in [1.54, 1.807) is 17.2 Å². The molecule has 112 valence electrons. The SMILES string of the molecule is Cc1c(-n2ccnn2)ccc2c1-c1ncnn1Cc1cncn1-2. The molecule has 0 N–H and O–H groups in total. The molecule has 0 spiro atoms. The Balaban J connectivity index is 1.88. The van der Waals surface area contributed by atoms with Gasteiger partial charge in [0.25, 0.3) is 0 Å². The summed E-state index contributed by atoms with van der Waals surface area (Å²) < 4.78 is 5.75. The van der Waals surface area contributed by atoms with E-state index in [1.165, 1.54) is 0 Å². The summed E-state index contributed by atoms with van der Waals surface area (Å²) in [6.07, 6.45) is 8.78. The third-order valence-electron chi connectivity index (χ3n) is 4.21. The van der Waals surface area contributed by atoms with Crippen molar-refractivity contribution in [2.45, 2.75) is 13.5 Å². The van der Waals surface area contributed by atoms with E-state index < -0.39 is 0 Å². The first kappa shape index (κ1) is 12.3. The van der Waals surface area contributed by atoms with Crippen molar-refractivity contribution in [3.8, 4) is 22.8 Å². The van der Waals surface area contributed by atoms with Crippen LogP contribution in [0.5, 0.6) is 0 Å². The summed E-state index contributed by atoms with van der Waals surface area (Å²) in [5.74, 6) is 0.850. The maximum Gasteiger partial charge on any atom is 0.160 e. The van der Waals surface area contributed by atoms with Crippen LogP contribution in [0.1, 0.15) is 11.3 Å². The maximum absolute atomic E-state index is 4.48. The van der Waals surface area contributed by atoms with E-state index in [-0.39, 0.29) is 0 Å². The fourth-order valence-electron chi connectivity index (χ4n) is 3.14. The smallest absolute Gasteiger partial charge is 0.160 e. The van der Waals surface area contributed by atoms with Crippen LogP contribution in [-0.4, -0.2) is 39.3 Å². The third-order valence-corrected chi connectivity index (χ3v) is 4.21. The van der Waals surface area contributed by atoms with E-state index in [0.29, 0.717) is 6.54 Å². The molecule has 5 rings (SSSR count). The van der Waals surface area contributed by atoms with Crippen molar-refractivity contribution in [1.82, 2.24) is 39.3 Å². The third kappa shape index (κ3) is 1.62. The molecule has 0 radical (unpaired) electrons. The van der Waals surface area contributed by atoms with Gasteiger partial charge >= 0.3 is 0 Å². The fourth-order valence-corrected chi connectivity index (χ4v) is 3.14. The van der Waals surface area contributed by atoms with Gasteiger partial charge in [0.05, 0.1) is 48.5 Å². The molecule has 0 aliphatic carbocycles. The average Bonchev–Trinajstić information content (AvgIpc) is 3.28. The molecule has 0 fully saturated rings. The molecule has 23 heavy (non-hydrogen) atoms. The molecule has 0 saturated heterocycles. The van der Waals surface area contributed by atoms with Gasteiger partial charge in [0, 0.05) is 5.56 Å². The summed E-state index contributed by atoms with van der Waals surface area (Å²) in [6, 6.07) is 4.10. The lowest BCUT2D eigenvalue weighted by atomic mass is 10.0. The van der Waals surface area contributed by atoms with Crippen LogP contribution in [0, 0.1) is 6.92 Å². The minimum absolute atomic E-state index is 0.641. The first-order chi connectivity index (χ1) is 11.3. The summed E-state index contributed by atoms with van der Waals surface area (Å²) in [5, 5.41) is 12.4. The van der Waals surface area contributed by atoms with Gasteiger partial charge in [-0.3, -0.25) is 0 Å². The molecule has 0 unspecified atom stereocenters. The highest BCUT2D eigenvalue weighted by molar-refractivity contribution is 5.76. The van der Waals surface area contributed by atoms with E-state index in [0.717, 1.165) is 34.0 Å². The first-order valence-corrected chi connectivity index (χ1v) is 7.23. The Morgan fingerprint density at radius 1 is 1.17 bits per heavy atom. The van der Waals surface area contributed by atoms with Gasteiger partial charge in [-0.2, -0.15) is 5.10 Å². The van der Waals surface area contributed by atoms with Crippen molar-refractivity contribution in [2.24, 2.45) is 0 Å². The Hall–Kier alpha value is -3.29. The van der Waals surface area contributed by atoms with Gasteiger partial charge in [-0.15, -0.1) is 5.10 Å². The maximum atomic E-state index is 4.48. The zero-order valence-corrected chi connectivity index (χ0v) is 12.3. The molecule has 8 heteroatoms. The van der Waals surface area contributed by atoms with Gasteiger partial charge in [0.2, 0.25) is 0 Å². The van der Waals surface area contributed by atoms with Crippen molar-refractivity contribution in [3.63, 3.8) is 0 Å². The number of imidazole rings is 1. The number of rotatable bonds is 1. The quantitative estimate of drug-likeness (QED) is 0.467. The van der Waals surface area contributed by atoms with Crippen molar-refractivity contribution in [3.05, 3.63) is 54.6 Å². The highest BCUT2D eigenvalue weighted by Gasteiger charge is 2.24. The second-order valence-electron chi connectivity index (χ2n) is 5.45. The van der Waals surface area contributed by atoms with Gasteiger partial charge in [-0.25, -0.2) is 19.3 Å². The van der Waals surface area contributed by atoms with E-state index >= 15 is 0 Å². The molecule has 1 aromatic carbocycles. The zero-order chi connectivity index (χ0) is 15.4. The highest BCUT2D eigenvalue weighted by atomic mass is 15.4. The van der Waals surface area contributed by atoms with Crippen LogP contribution in [0.4, 0.5) is 0 Å². The fraction of sp³-hybridized carbons (Fsp3) is 0.133. The summed E-state index contributed by atoms with van der Waals surface area (Å²) in [4.78, 5) is 8.75. The van der Waals surface area contributed by atoms with Crippen LogP contribution in [0.3, 0.4) is 0 Å². The molecule has 4 heterocycles. The Kier molecular flexibility index (Phi) is 2.32. The number of aromatic nitrogens is 8. The topological polar surface area (TPSA) is 79.2 Å². The predicted octanol–water partition coefficient (Wildman–Crippen LogP) is 1.38. The Morgan fingerprint density at radius 3 is 2.96 bits per heavy atom. The molecule has 3 aromatic heterocycles. The summed E-state index contributed by atoms with van der Waals surface area (Å²) in [5.41, 5.74) is 5.20. The zero-order valence-electron chi connectivity index (χ0n) is 12.3. The first-order valence-electron chi connectivity index (χ1n) is 7.23. The Morgan fingerprint density at radius 2 is 2.09 bits per heavy atom. The van der Waals surface area contributed by atoms with E-state index in [4.69, 9.17) is 0 Å². The van der Waals surface area contributed by atoms with Crippen LogP contribution < -0.4 is 0 Å². The monoisotopic (exact) mass is 304 g/mol. The summed E-state index contributed by atoms with van der Waals surface area (Å²) in [7, 11) is 0. The van der Waals surface area contributed by atoms with Crippen LogP contribution in [0.2, 0.25) is 0 Å². The lowest BCUT2D eigenvalue weighted by Crippen LogP contribution is -2.04. The van der Waals surface area contributed by atoms with Gasteiger partial charge in [0.15, 0.2) is 5.82 Å². The Bertz CT molecular complexity index is 1010. The molecule has 0 atom stereocenters. The molecular formula is C15H12N8. The van der Waals surface area contributed by atoms with E-state index in [2.05, 4.69) is 42.9 Å². The lowest BCUT2D eigenvalue weighted by molar-refractivity contribution is 0.677. The number of nitrogens with zero attached hydrogens (tertiary/aromatic N) is 8. The van der Waals surface area contributed by atoms with Crippen molar-refractivity contribution >= 4 is 0 Å². The molecule has 0 amide bonds. The number of benzene rings is 1. The standard InChI is InChI=1S/C15H12N8/c1-10-12(22-5-4-18-20-22)2-3-13-14(10)15-17-8-19-23(15)7-11-6-16-9-21(11)13/h2-6,8-9H,7H2,1H3. The second-order valence-corrected chi connectivity index (χ2v) is 5.45. The van der Waals surface area contributed by atoms with Crippen molar-refractivity contribution in [2.75, 3.05) is 0 Å².